The zero-order valence-electron chi connectivity index (χ0n) is 39.7. The van der Waals surface area contributed by atoms with E-state index in [1.165, 1.54) is 18.4 Å². The number of rotatable bonds is 18. The molecule has 330 valence electrons. The van der Waals surface area contributed by atoms with Gasteiger partial charge < -0.3 is 32.2 Å². The standard InChI is InChI=1S/C47H88O7Si3/c1-17-55(18-2,19-3)52-40-34(13)36-27-26-33(12)37(36)30-47(16)29-28-35(32(10)11)39(47)42(40)50-45-44(54-57(23-7,24-8)25-9)43(53-56(20-4,21-5)22-6)41-38(49-45)31-48-46(14,15)51-41/h30,32-34,36,38,40-45H,17-29,31H2,1-16H3/t33-,34?,36-,38+,40+,41+,42+,43-,44+,45+,47+/m0/s1. The summed E-state index contributed by atoms with van der Waals surface area (Å²) in [6.07, 6.45) is 5.02. The largest absolute Gasteiger partial charge is 0.411 e. The van der Waals surface area contributed by atoms with Crippen LogP contribution in [0, 0.1) is 29.1 Å². The summed E-state index contributed by atoms with van der Waals surface area (Å²) in [4.78, 5) is 0. The van der Waals surface area contributed by atoms with Crippen molar-refractivity contribution in [3.05, 3.63) is 22.8 Å². The molecule has 0 N–H and O–H groups in total. The van der Waals surface area contributed by atoms with E-state index >= 15 is 0 Å². The highest BCUT2D eigenvalue weighted by Crippen LogP contribution is 2.57. The molecule has 11 atom stereocenters. The molecule has 1 saturated carbocycles. The van der Waals surface area contributed by atoms with Crippen LogP contribution in [-0.4, -0.2) is 80.3 Å². The average molecular weight is 849 g/mol. The molecule has 2 heterocycles. The first kappa shape index (κ1) is 47.9. The zero-order chi connectivity index (χ0) is 42.1. The van der Waals surface area contributed by atoms with Crippen molar-refractivity contribution in [2.24, 2.45) is 29.1 Å². The summed E-state index contributed by atoms with van der Waals surface area (Å²) in [6, 6.07) is 9.59. The van der Waals surface area contributed by atoms with Crippen LogP contribution in [0.15, 0.2) is 22.8 Å². The van der Waals surface area contributed by atoms with Crippen molar-refractivity contribution in [3.8, 4) is 0 Å². The maximum Gasteiger partial charge on any atom is 0.192 e. The van der Waals surface area contributed by atoms with Gasteiger partial charge in [-0.2, -0.15) is 0 Å². The maximum atomic E-state index is 8.01. The molecule has 3 fully saturated rings. The van der Waals surface area contributed by atoms with Crippen LogP contribution in [0.1, 0.15) is 136 Å². The van der Waals surface area contributed by atoms with Crippen LogP contribution in [0.25, 0.3) is 0 Å². The molecule has 0 aromatic rings. The molecule has 0 radical (unpaired) electrons. The smallest absolute Gasteiger partial charge is 0.192 e. The molecule has 0 aromatic heterocycles. The second kappa shape index (κ2) is 19.1. The highest BCUT2D eigenvalue weighted by molar-refractivity contribution is 6.74. The molecule has 57 heavy (non-hydrogen) atoms. The number of hydrogen-bond acceptors (Lipinski definition) is 7. The molecule has 2 aliphatic heterocycles. The van der Waals surface area contributed by atoms with Crippen LogP contribution < -0.4 is 0 Å². The van der Waals surface area contributed by atoms with E-state index in [-0.39, 0.29) is 35.9 Å². The van der Waals surface area contributed by atoms with Crippen molar-refractivity contribution in [2.75, 3.05) is 6.61 Å². The van der Waals surface area contributed by atoms with Gasteiger partial charge in [0.25, 0.3) is 0 Å². The van der Waals surface area contributed by atoms with E-state index in [0.717, 1.165) is 67.2 Å². The maximum absolute atomic E-state index is 8.01. The van der Waals surface area contributed by atoms with Crippen molar-refractivity contribution in [3.63, 3.8) is 0 Å². The lowest BCUT2D eigenvalue weighted by Gasteiger charge is -2.55. The highest BCUT2D eigenvalue weighted by atomic mass is 28.4. The molecule has 5 aliphatic rings. The first-order valence-corrected chi connectivity index (χ1v) is 31.6. The van der Waals surface area contributed by atoms with E-state index in [1.807, 2.05) is 13.8 Å². The number of fused-ring (bicyclic) bond motifs is 3. The molecule has 3 aliphatic carbocycles. The van der Waals surface area contributed by atoms with Crippen LogP contribution in [0.5, 0.6) is 0 Å². The van der Waals surface area contributed by atoms with Gasteiger partial charge in [-0.3, -0.25) is 0 Å². The van der Waals surface area contributed by atoms with Crippen LogP contribution >= 0.6 is 0 Å². The van der Waals surface area contributed by atoms with Gasteiger partial charge in [-0.15, -0.1) is 0 Å². The Kier molecular flexibility index (Phi) is 16.0. The fourth-order valence-electron chi connectivity index (χ4n) is 11.8. The van der Waals surface area contributed by atoms with Crippen molar-refractivity contribution >= 4 is 25.0 Å². The van der Waals surface area contributed by atoms with Crippen LogP contribution in [-0.2, 0) is 32.2 Å². The SMILES string of the molecule is CC[Si](CC)(CC)O[C@@H]1[C@@H](O[Si](CC)(CC)CC)[C@@H](O[C@@H]2C3=C(C(C)C)CC[C@]3(C)C=C3[C@@H](CC[C@@H]3C)C(C)[C@H]2O[Si](CC)(CC)CC)O[C@@H]2COC(C)(C)O[C@@H]12. The van der Waals surface area contributed by atoms with Gasteiger partial charge in [0.05, 0.1) is 12.7 Å². The van der Waals surface area contributed by atoms with Crippen LogP contribution in [0.2, 0.25) is 54.4 Å². The number of ether oxygens (including phenoxy) is 4. The minimum atomic E-state index is -2.21. The second-order valence-corrected chi connectivity index (χ2v) is 34.1. The van der Waals surface area contributed by atoms with Gasteiger partial charge in [-0.1, -0.05) is 114 Å². The molecule has 0 amide bonds. The Morgan fingerprint density at radius 1 is 0.719 bits per heavy atom. The van der Waals surface area contributed by atoms with Gasteiger partial charge in [0.2, 0.25) is 0 Å². The molecule has 0 aromatic carbocycles. The third-order valence-corrected chi connectivity index (χ3v) is 30.5. The normalized spacial score (nSPS) is 36.1. The minimum absolute atomic E-state index is 0.0864. The van der Waals surface area contributed by atoms with E-state index in [9.17, 15) is 0 Å². The van der Waals surface area contributed by atoms with Crippen LogP contribution in [0.4, 0.5) is 0 Å². The van der Waals surface area contributed by atoms with Gasteiger partial charge >= 0.3 is 0 Å². The van der Waals surface area contributed by atoms with E-state index in [0.29, 0.717) is 30.3 Å². The van der Waals surface area contributed by atoms with Crippen molar-refractivity contribution in [2.45, 2.75) is 240 Å². The molecule has 10 heteroatoms. The van der Waals surface area contributed by atoms with E-state index in [2.05, 4.69) is 103 Å². The first-order chi connectivity index (χ1) is 26.9. The summed E-state index contributed by atoms with van der Waals surface area (Å²) in [5.74, 6) is 1.05. The Morgan fingerprint density at radius 3 is 1.74 bits per heavy atom. The summed E-state index contributed by atoms with van der Waals surface area (Å²) in [7, 11) is -6.46. The third-order valence-electron chi connectivity index (χ3n) is 16.5. The first-order valence-electron chi connectivity index (χ1n) is 24.0. The molecule has 0 spiro atoms. The van der Waals surface area contributed by atoms with E-state index in [1.54, 1.807) is 11.1 Å². The minimum Gasteiger partial charge on any atom is -0.411 e. The molecule has 1 unspecified atom stereocenters. The van der Waals surface area contributed by atoms with E-state index < -0.39 is 43.1 Å². The molecule has 7 nitrogen and oxygen atoms in total. The Morgan fingerprint density at radius 2 is 1.23 bits per heavy atom. The van der Waals surface area contributed by atoms with Gasteiger partial charge in [-0.05, 0) is 123 Å². The molecule has 5 rings (SSSR count). The lowest BCUT2D eigenvalue weighted by atomic mass is 9.68. The monoisotopic (exact) mass is 849 g/mol. The van der Waals surface area contributed by atoms with Crippen molar-refractivity contribution < 1.29 is 32.2 Å². The van der Waals surface area contributed by atoms with Gasteiger partial charge in [0, 0.05) is 5.41 Å². The number of hydrogen-bond donors (Lipinski definition) is 0. The summed E-state index contributed by atoms with van der Waals surface area (Å²) in [5, 5.41) is 0. The molecule has 2 saturated heterocycles. The predicted octanol–water partition coefficient (Wildman–Crippen LogP) is 12.8. The Labute approximate surface area is 353 Å². The van der Waals surface area contributed by atoms with Gasteiger partial charge in [0.1, 0.15) is 30.5 Å². The fourth-order valence-corrected chi connectivity index (χ4v) is 20.3. The van der Waals surface area contributed by atoms with Crippen molar-refractivity contribution in [1.82, 2.24) is 0 Å². The molecular weight excluding hydrogens is 761 g/mol. The van der Waals surface area contributed by atoms with Gasteiger partial charge in [-0.25, -0.2) is 0 Å². The number of allylic oxidation sites excluding steroid dienone is 3. The summed E-state index contributed by atoms with van der Waals surface area (Å²) in [5.41, 5.74) is 4.58. The average Bonchev–Trinajstić information content (AvgIpc) is 3.74. The topological polar surface area (TPSA) is 64.6 Å². The predicted molar refractivity (Wildman–Crippen MR) is 243 cm³/mol. The Hall–Kier alpha value is -0.149. The Balaban J connectivity index is 1.76. The fraction of sp³-hybridized carbons (Fsp3) is 0.915. The molecular formula is C47H88O7Si3. The highest BCUT2D eigenvalue weighted by Gasteiger charge is 2.59. The second-order valence-electron chi connectivity index (χ2n) is 20.0. The summed E-state index contributed by atoms with van der Waals surface area (Å²) < 4.78 is 52.1. The third kappa shape index (κ3) is 9.46. The quantitative estimate of drug-likeness (QED) is 0.101. The zero-order valence-corrected chi connectivity index (χ0v) is 42.7. The van der Waals surface area contributed by atoms with Crippen LogP contribution in [0.3, 0.4) is 0 Å². The summed E-state index contributed by atoms with van der Waals surface area (Å²) >= 11 is 0. The van der Waals surface area contributed by atoms with Crippen molar-refractivity contribution in [1.29, 1.82) is 0 Å². The molecule has 0 bridgehead atoms. The Bertz CT molecular complexity index is 1360. The lowest BCUT2D eigenvalue weighted by molar-refractivity contribution is -0.383. The summed E-state index contributed by atoms with van der Waals surface area (Å²) in [6.45, 7) is 37.9. The van der Waals surface area contributed by atoms with E-state index in [4.69, 9.17) is 32.2 Å². The van der Waals surface area contributed by atoms with Gasteiger partial charge in [0.15, 0.2) is 37.0 Å². The lowest BCUT2D eigenvalue weighted by Crippen LogP contribution is -2.69.